The zero-order valence-electron chi connectivity index (χ0n) is 14.1. The van der Waals surface area contributed by atoms with Crippen molar-refractivity contribution in [3.8, 4) is 0 Å². The lowest BCUT2D eigenvalue weighted by molar-refractivity contribution is 0.350. The van der Waals surface area contributed by atoms with E-state index in [1.807, 2.05) is 6.07 Å². The molecule has 0 spiro atoms. The number of benzene rings is 1. The van der Waals surface area contributed by atoms with Crippen LogP contribution in [-0.4, -0.2) is 20.1 Å². The van der Waals surface area contributed by atoms with Crippen molar-refractivity contribution in [3.05, 3.63) is 40.6 Å². The lowest BCUT2D eigenvalue weighted by Gasteiger charge is -2.32. The molecule has 1 aliphatic carbocycles. The van der Waals surface area contributed by atoms with Gasteiger partial charge in [-0.05, 0) is 35.1 Å². The predicted molar refractivity (Wildman–Crippen MR) is 94.2 cm³/mol. The van der Waals surface area contributed by atoms with E-state index in [1.165, 1.54) is 0 Å². The lowest BCUT2D eigenvalue weighted by Crippen LogP contribution is -2.26. The van der Waals surface area contributed by atoms with Gasteiger partial charge in [-0.15, -0.1) is 10.2 Å². The molecule has 0 saturated heterocycles. The number of rotatable bonds is 1. The number of hydrogen-bond donors (Lipinski definition) is 1. The third-order valence-corrected chi connectivity index (χ3v) is 4.75. The van der Waals surface area contributed by atoms with E-state index in [1.54, 1.807) is 16.9 Å². The quantitative estimate of drug-likeness (QED) is 0.793. The molecule has 0 saturated carbocycles. The molecule has 0 amide bonds. The van der Waals surface area contributed by atoms with Crippen molar-refractivity contribution < 1.29 is 5.11 Å². The van der Waals surface area contributed by atoms with E-state index in [0.717, 1.165) is 22.3 Å². The van der Waals surface area contributed by atoms with Crippen LogP contribution in [0.25, 0.3) is 16.7 Å². The smallest absolute Gasteiger partial charge is 0.142 e. The molecule has 4 nitrogen and oxygen atoms in total. The van der Waals surface area contributed by atoms with Crippen molar-refractivity contribution in [2.75, 3.05) is 0 Å². The molecule has 0 radical (unpaired) electrons. The van der Waals surface area contributed by atoms with Crippen LogP contribution in [0.3, 0.4) is 0 Å². The summed E-state index contributed by atoms with van der Waals surface area (Å²) >= 11 is 6.03. The highest BCUT2D eigenvalue weighted by Crippen LogP contribution is 2.42. The second kappa shape index (κ2) is 5.38. The van der Waals surface area contributed by atoms with Gasteiger partial charge in [0.25, 0.3) is 0 Å². The minimum Gasteiger partial charge on any atom is -0.506 e. The molecule has 2 unspecified atom stereocenters. The normalized spacial score (nSPS) is 22.6. The molecular weight excluding hydrogens is 310 g/mol. The molecule has 1 aromatic heterocycles. The van der Waals surface area contributed by atoms with Crippen molar-refractivity contribution in [3.63, 3.8) is 0 Å². The van der Waals surface area contributed by atoms with E-state index < -0.39 is 0 Å². The summed E-state index contributed by atoms with van der Waals surface area (Å²) in [4.78, 5) is 1.57. The van der Waals surface area contributed by atoms with E-state index in [0.29, 0.717) is 10.9 Å². The molecular formula is C18H22ClN3O. The molecule has 2 atom stereocenters. The third-order valence-electron chi connectivity index (χ3n) is 4.51. The van der Waals surface area contributed by atoms with Crippen LogP contribution in [0.4, 0.5) is 0 Å². The van der Waals surface area contributed by atoms with Gasteiger partial charge in [-0.3, -0.25) is 0 Å². The van der Waals surface area contributed by atoms with E-state index in [2.05, 4.69) is 50.9 Å². The van der Waals surface area contributed by atoms with Crippen LogP contribution in [-0.2, 0) is 0 Å². The fourth-order valence-electron chi connectivity index (χ4n) is 2.97. The number of fused-ring (bicyclic) bond motifs is 1. The van der Waals surface area contributed by atoms with Crippen LogP contribution in [0.5, 0.6) is 0 Å². The molecule has 23 heavy (non-hydrogen) atoms. The Morgan fingerprint density at radius 1 is 1.13 bits per heavy atom. The maximum Gasteiger partial charge on any atom is 0.142 e. The first-order chi connectivity index (χ1) is 10.7. The van der Waals surface area contributed by atoms with Crippen LogP contribution >= 0.6 is 11.6 Å². The Hall–Kier alpha value is -1.81. The second-order valence-electron chi connectivity index (χ2n) is 7.33. The number of aliphatic hydroxyl groups is 1. The molecule has 1 N–H and O–H groups in total. The molecule has 0 fully saturated rings. The second-order valence-corrected chi connectivity index (χ2v) is 7.77. The Labute approximate surface area is 141 Å². The van der Waals surface area contributed by atoms with Gasteiger partial charge < -0.3 is 5.11 Å². The first kappa shape index (κ1) is 16.1. The Morgan fingerprint density at radius 2 is 1.78 bits per heavy atom. The summed E-state index contributed by atoms with van der Waals surface area (Å²) in [5.41, 5.74) is 3.04. The van der Waals surface area contributed by atoms with Crippen molar-refractivity contribution in [2.45, 2.75) is 34.6 Å². The SMILES string of the molecule is CC1C=C(C(C)(C)C)C(O)=C(n2nc3ccc(Cl)cc3n2)C1C. The van der Waals surface area contributed by atoms with Gasteiger partial charge in [0.2, 0.25) is 0 Å². The number of aromatic nitrogens is 3. The highest BCUT2D eigenvalue weighted by Gasteiger charge is 2.33. The maximum absolute atomic E-state index is 10.9. The molecule has 122 valence electrons. The topological polar surface area (TPSA) is 50.9 Å². The van der Waals surface area contributed by atoms with Gasteiger partial charge in [-0.1, -0.05) is 52.3 Å². The van der Waals surface area contributed by atoms with Gasteiger partial charge in [-0.2, -0.15) is 4.80 Å². The van der Waals surface area contributed by atoms with Crippen LogP contribution < -0.4 is 0 Å². The summed E-state index contributed by atoms with van der Waals surface area (Å²) in [7, 11) is 0. The molecule has 2 aromatic rings. The first-order valence-electron chi connectivity index (χ1n) is 7.87. The van der Waals surface area contributed by atoms with Crippen molar-refractivity contribution in [1.29, 1.82) is 0 Å². The van der Waals surface area contributed by atoms with Gasteiger partial charge in [0.1, 0.15) is 22.5 Å². The van der Waals surface area contributed by atoms with Crippen LogP contribution in [0.15, 0.2) is 35.6 Å². The Kier molecular flexibility index (Phi) is 3.75. The summed E-state index contributed by atoms with van der Waals surface area (Å²) < 4.78 is 0. The Balaban J connectivity index is 2.19. The minimum atomic E-state index is -0.139. The fraction of sp³-hybridized carbons (Fsp3) is 0.444. The zero-order chi connectivity index (χ0) is 16.9. The van der Waals surface area contributed by atoms with Crippen molar-refractivity contribution >= 4 is 28.3 Å². The first-order valence-corrected chi connectivity index (χ1v) is 8.25. The summed E-state index contributed by atoms with van der Waals surface area (Å²) in [6, 6.07) is 5.43. The van der Waals surface area contributed by atoms with Crippen LogP contribution in [0.1, 0.15) is 34.6 Å². The standard InChI is InChI=1S/C18H22ClN3O/c1-10-8-13(18(3,4)5)17(23)16(11(10)2)22-20-14-7-6-12(19)9-15(14)21-22/h6-11,23H,1-5H3. The zero-order valence-corrected chi connectivity index (χ0v) is 14.9. The van der Waals surface area contributed by atoms with Gasteiger partial charge in [-0.25, -0.2) is 0 Å². The van der Waals surface area contributed by atoms with E-state index in [4.69, 9.17) is 11.6 Å². The molecule has 1 aromatic carbocycles. The van der Waals surface area contributed by atoms with Gasteiger partial charge in [0, 0.05) is 10.9 Å². The van der Waals surface area contributed by atoms with Crippen molar-refractivity contribution in [1.82, 2.24) is 15.0 Å². The number of hydrogen-bond acceptors (Lipinski definition) is 3. The monoisotopic (exact) mass is 331 g/mol. The molecule has 1 heterocycles. The van der Waals surface area contributed by atoms with E-state index in [9.17, 15) is 5.11 Å². The molecule has 5 heteroatoms. The summed E-state index contributed by atoms with van der Waals surface area (Å²) in [5.74, 6) is 0.709. The van der Waals surface area contributed by atoms with Gasteiger partial charge in [0.05, 0.1) is 0 Å². The largest absolute Gasteiger partial charge is 0.506 e. The van der Waals surface area contributed by atoms with Gasteiger partial charge >= 0.3 is 0 Å². The van der Waals surface area contributed by atoms with Crippen LogP contribution in [0, 0.1) is 17.3 Å². The molecule has 0 bridgehead atoms. The Bertz CT molecular complexity index is 826. The molecule has 0 aliphatic heterocycles. The fourth-order valence-corrected chi connectivity index (χ4v) is 3.13. The highest BCUT2D eigenvalue weighted by molar-refractivity contribution is 6.31. The lowest BCUT2D eigenvalue weighted by atomic mass is 9.76. The van der Waals surface area contributed by atoms with Crippen LogP contribution in [0.2, 0.25) is 5.02 Å². The summed E-state index contributed by atoms with van der Waals surface area (Å²) in [6.07, 6.45) is 2.16. The van der Waals surface area contributed by atoms with Crippen molar-refractivity contribution in [2.24, 2.45) is 17.3 Å². The number of halogens is 1. The maximum atomic E-state index is 10.9. The molecule has 3 rings (SSSR count). The van der Waals surface area contributed by atoms with Gasteiger partial charge in [0.15, 0.2) is 0 Å². The average Bonchev–Trinajstić information content (AvgIpc) is 2.84. The summed E-state index contributed by atoms with van der Waals surface area (Å²) in [5, 5.41) is 20.6. The molecule has 1 aliphatic rings. The minimum absolute atomic E-state index is 0.124. The predicted octanol–water partition coefficient (Wildman–Crippen LogP) is 5.07. The third kappa shape index (κ3) is 2.76. The number of allylic oxidation sites excluding steroid dienone is 3. The summed E-state index contributed by atoms with van der Waals surface area (Å²) in [6.45, 7) is 10.5. The number of nitrogens with zero attached hydrogens (tertiary/aromatic N) is 3. The van der Waals surface area contributed by atoms with E-state index >= 15 is 0 Å². The highest BCUT2D eigenvalue weighted by atomic mass is 35.5. The number of aliphatic hydroxyl groups excluding tert-OH is 1. The average molecular weight is 332 g/mol. The van der Waals surface area contributed by atoms with E-state index in [-0.39, 0.29) is 17.1 Å². The Morgan fingerprint density at radius 3 is 2.43 bits per heavy atom.